The van der Waals surface area contributed by atoms with Gasteiger partial charge in [-0.05, 0) is 55.3 Å². The standard InChI is InChI=1S/C27H42N2O6/c1-5-6-12-20(30)24(32)18-11-7-8-13-28-26(34)35-14-9-10-17(2)25(33)29-16-19-22(27(19,3)4)23(29)21(31)15-18/h5,17-19,22-24,32H,1,6-16H2,2-4H3,(H,28,34)/t17-,18+,19-,22-,23+,24?/m0/s1. The van der Waals surface area contributed by atoms with E-state index in [9.17, 15) is 24.3 Å². The second-order valence-electron chi connectivity index (χ2n) is 11.2. The SMILES string of the molecule is C=CCCC(=O)C(O)[C@@H]1CCCCNC(=O)OCCC[C@H](C)C(=O)N2C[C@H]3[C@@H]([C@H]2C(=O)C1)C3(C)C. The number of ketones is 2. The summed E-state index contributed by atoms with van der Waals surface area (Å²) in [7, 11) is 0. The second kappa shape index (κ2) is 11.7. The molecule has 3 rings (SSSR count). The van der Waals surface area contributed by atoms with Crippen molar-refractivity contribution in [1.29, 1.82) is 0 Å². The molecule has 8 nitrogen and oxygen atoms in total. The van der Waals surface area contributed by atoms with E-state index >= 15 is 0 Å². The van der Waals surface area contributed by atoms with Gasteiger partial charge in [0.25, 0.3) is 0 Å². The first-order valence-corrected chi connectivity index (χ1v) is 13.1. The summed E-state index contributed by atoms with van der Waals surface area (Å²) in [5.74, 6) is -0.763. The number of nitrogens with one attached hydrogen (secondary N) is 1. The Labute approximate surface area is 208 Å². The Morgan fingerprint density at radius 1 is 1.26 bits per heavy atom. The van der Waals surface area contributed by atoms with Gasteiger partial charge in [0, 0.05) is 31.8 Å². The molecule has 0 bridgehead atoms. The van der Waals surface area contributed by atoms with Gasteiger partial charge in [-0.2, -0.15) is 0 Å². The van der Waals surface area contributed by atoms with Crippen LogP contribution >= 0.6 is 0 Å². The fourth-order valence-electron chi connectivity index (χ4n) is 6.02. The van der Waals surface area contributed by atoms with Crippen molar-refractivity contribution in [1.82, 2.24) is 10.2 Å². The van der Waals surface area contributed by atoms with Crippen LogP contribution in [0.3, 0.4) is 0 Å². The molecule has 0 radical (unpaired) electrons. The second-order valence-corrected chi connectivity index (χ2v) is 11.2. The topological polar surface area (TPSA) is 113 Å². The Morgan fingerprint density at radius 2 is 2.00 bits per heavy atom. The van der Waals surface area contributed by atoms with E-state index in [4.69, 9.17) is 4.74 Å². The molecule has 8 heteroatoms. The number of alkyl carbamates (subject to hydrolysis) is 1. The van der Waals surface area contributed by atoms with Gasteiger partial charge in [0.1, 0.15) is 6.10 Å². The van der Waals surface area contributed by atoms with Crippen molar-refractivity contribution in [2.75, 3.05) is 19.7 Å². The van der Waals surface area contributed by atoms with Crippen LogP contribution in [0.15, 0.2) is 12.7 Å². The molecule has 1 saturated carbocycles. The van der Waals surface area contributed by atoms with Crippen LogP contribution in [0, 0.1) is 29.1 Å². The number of carbonyl (C=O) groups is 4. The van der Waals surface area contributed by atoms with Crippen molar-refractivity contribution < 1.29 is 29.0 Å². The lowest BCUT2D eigenvalue weighted by Gasteiger charge is -2.33. The number of piperidine rings is 1. The molecule has 3 fully saturated rings. The van der Waals surface area contributed by atoms with Crippen molar-refractivity contribution in [2.45, 2.75) is 84.3 Å². The molecule has 2 saturated heterocycles. The Bertz CT molecular complexity index is 824. The minimum absolute atomic E-state index is 0.00681. The quantitative estimate of drug-likeness (QED) is 0.572. The zero-order valence-corrected chi connectivity index (χ0v) is 21.5. The van der Waals surface area contributed by atoms with Crippen LogP contribution in [-0.4, -0.2) is 65.4 Å². The van der Waals surface area contributed by atoms with Crippen LogP contribution in [0.25, 0.3) is 0 Å². The summed E-state index contributed by atoms with van der Waals surface area (Å²) in [5.41, 5.74) is 0.00681. The normalized spacial score (nSPS) is 33.0. The number of rotatable bonds is 5. The maximum atomic E-state index is 13.7. The van der Waals surface area contributed by atoms with Gasteiger partial charge < -0.3 is 20.1 Å². The van der Waals surface area contributed by atoms with Crippen LogP contribution in [0.4, 0.5) is 4.79 Å². The van der Waals surface area contributed by atoms with Crippen molar-refractivity contribution in [2.24, 2.45) is 29.1 Å². The number of amides is 2. The van der Waals surface area contributed by atoms with Gasteiger partial charge in [-0.25, -0.2) is 4.79 Å². The Morgan fingerprint density at radius 3 is 2.71 bits per heavy atom. The van der Waals surface area contributed by atoms with Crippen molar-refractivity contribution in [3.05, 3.63) is 12.7 Å². The van der Waals surface area contributed by atoms with Crippen LogP contribution in [0.2, 0.25) is 0 Å². The first kappa shape index (κ1) is 27.4. The molecule has 196 valence electrons. The van der Waals surface area contributed by atoms with E-state index in [2.05, 4.69) is 25.7 Å². The van der Waals surface area contributed by atoms with Gasteiger partial charge in [0.15, 0.2) is 11.6 Å². The third kappa shape index (κ3) is 6.32. The largest absolute Gasteiger partial charge is 0.450 e. The highest BCUT2D eigenvalue weighted by atomic mass is 16.5. The lowest BCUT2D eigenvalue weighted by Crippen LogP contribution is -2.48. The number of fused-ring (bicyclic) bond motifs is 3. The first-order chi connectivity index (χ1) is 16.6. The van der Waals surface area contributed by atoms with Crippen molar-refractivity contribution in [3.8, 4) is 0 Å². The van der Waals surface area contributed by atoms with E-state index in [-0.39, 0.29) is 54.2 Å². The lowest BCUT2D eigenvalue weighted by molar-refractivity contribution is -0.143. The molecular weight excluding hydrogens is 448 g/mol. The van der Waals surface area contributed by atoms with Crippen LogP contribution in [-0.2, 0) is 19.1 Å². The number of hydrogen-bond donors (Lipinski definition) is 2. The fourth-order valence-corrected chi connectivity index (χ4v) is 6.02. The number of nitrogens with zero attached hydrogens (tertiary/aromatic N) is 1. The zero-order valence-electron chi connectivity index (χ0n) is 21.5. The first-order valence-electron chi connectivity index (χ1n) is 13.1. The molecule has 0 aromatic rings. The number of allylic oxidation sites excluding steroid dienone is 1. The average molecular weight is 491 g/mol. The molecule has 2 amide bonds. The third-order valence-electron chi connectivity index (χ3n) is 8.36. The summed E-state index contributed by atoms with van der Waals surface area (Å²) in [6, 6.07) is -0.502. The maximum Gasteiger partial charge on any atom is 0.407 e. The summed E-state index contributed by atoms with van der Waals surface area (Å²) >= 11 is 0. The van der Waals surface area contributed by atoms with E-state index in [0.717, 1.165) is 0 Å². The molecule has 35 heavy (non-hydrogen) atoms. The number of hydrogen-bond acceptors (Lipinski definition) is 6. The highest BCUT2D eigenvalue weighted by Gasteiger charge is 2.69. The van der Waals surface area contributed by atoms with E-state index in [1.807, 2.05) is 6.92 Å². The number of cyclic esters (lactones) is 1. The molecule has 0 spiro atoms. The molecule has 3 aliphatic rings. The summed E-state index contributed by atoms with van der Waals surface area (Å²) in [5, 5.41) is 13.6. The predicted molar refractivity (Wildman–Crippen MR) is 131 cm³/mol. The monoisotopic (exact) mass is 490 g/mol. The molecule has 1 unspecified atom stereocenters. The van der Waals surface area contributed by atoms with Crippen LogP contribution in [0.5, 0.6) is 0 Å². The van der Waals surface area contributed by atoms with Gasteiger partial charge in [0.05, 0.1) is 12.6 Å². The Balaban J connectivity index is 1.81. The molecular formula is C27H42N2O6. The molecule has 2 N–H and O–H groups in total. The van der Waals surface area contributed by atoms with E-state index in [1.165, 1.54) is 0 Å². The highest BCUT2D eigenvalue weighted by Crippen LogP contribution is 2.65. The molecule has 1 aliphatic carbocycles. The fraction of sp³-hybridized carbons (Fsp3) is 0.778. The van der Waals surface area contributed by atoms with Gasteiger partial charge in [0.2, 0.25) is 5.91 Å². The van der Waals surface area contributed by atoms with Crippen LogP contribution in [0.1, 0.15) is 72.1 Å². The van der Waals surface area contributed by atoms with Gasteiger partial charge in [-0.1, -0.05) is 33.3 Å². The van der Waals surface area contributed by atoms with Gasteiger partial charge in [-0.15, -0.1) is 6.58 Å². The van der Waals surface area contributed by atoms with Gasteiger partial charge >= 0.3 is 6.09 Å². The minimum atomic E-state index is -1.23. The molecule has 2 aliphatic heterocycles. The Kier molecular flexibility index (Phi) is 9.13. The summed E-state index contributed by atoms with van der Waals surface area (Å²) in [6.45, 7) is 11.0. The number of aliphatic hydroxyl groups excluding tert-OH is 1. The van der Waals surface area contributed by atoms with Gasteiger partial charge in [-0.3, -0.25) is 14.4 Å². The summed E-state index contributed by atoms with van der Waals surface area (Å²) < 4.78 is 5.21. The number of Topliss-reactive ketones (excluding diaryl/α,β-unsaturated/α-hetero) is 2. The van der Waals surface area contributed by atoms with Crippen molar-refractivity contribution >= 4 is 23.6 Å². The summed E-state index contributed by atoms with van der Waals surface area (Å²) in [6.07, 6.45) is 3.58. The molecule has 0 aromatic heterocycles. The Hall–Kier alpha value is -2.22. The highest BCUT2D eigenvalue weighted by molar-refractivity contribution is 5.92. The number of ether oxygens (including phenoxy) is 1. The number of carbonyl (C=O) groups excluding carboxylic acids is 4. The summed E-state index contributed by atoms with van der Waals surface area (Å²) in [4.78, 5) is 53.3. The smallest absolute Gasteiger partial charge is 0.407 e. The van der Waals surface area contributed by atoms with Crippen molar-refractivity contribution in [3.63, 3.8) is 0 Å². The lowest BCUT2D eigenvalue weighted by atomic mass is 9.84. The van der Waals surface area contributed by atoms with E-state index in [1.54, 1.807) is 11.0 Å². The predicted octanol–water partition coefficient (Wildman–Crippen LogP) is 3.27. The minimum Gasteiger partial charge on any atom is -0.450 e. The van der Waals surface area contributed by atoms with E-state index in [0.29, 0.717) is 57.5 Å². The third-order valence-corrected chi connectivity index (χ3v) is 8.36. The van der Waals surface area contributed by atoms with E-state index < -0.39 is 24.2 Å². The number of aliphatic hydroxyl groups is 1. The zero-order chi connectivity index (χ0) is 25.8. The maximum absolute atomic E-state index is 13.7. The average Bonchev–Trinajstić information content (AvgIpc) is 3.15. The molecule has 2 heterocycles. The molecule has 6 atom stereocenters. The van der Waals surface area contributed by atoms with Crippen LogP contribution < -0.4 is 5.32 Å². The molecule has 0 aromatic carbocycles.